The summed E-state index contributed by atoms with van der Waals surface area (Å²) in [5, 5.41) is 16.1. The normalized spacial score (nSPS) is 14.2. The molecule has 0 saturated heterocycles. The molecule has 1 amide bonds. The van der Waals surface area contributed by atoms with Gasteiger partial charge < -0.3 is 15.7 Å². The lowest BCUT2D eigenvalue weighted by molar-refractivity contribution is -0.120. The van der Waals surface area contributed by atoms with Gasteiger partial charge in [0.25, 0.3) is 0 Å². The van der Waals surface area contributed by atoms with Crippen LogP contribution in [-0.2, 0) is 10.4 Å². The summed E-state index contributed by atoms with van der Waals surface area (Å²) in [6.07, 6.45) is 0. The fourth-order valence-corrected chi connectivity index (χ4v) is 1.70. The van der Waals surface area contributed by atoms with Crippen LogP contribution >= 0.6 is 0 Å². The minimum Gasteiger partial charge on any atom is -0.384 e. The number of amides is 1. The van der Waals surface area contributed by atoms with Crippen molar-refractivity contribution >= 4 is 5.91 Å². The van der Waals surface area contributed by atoms with Gasteiger partial charge in [0.15, 0.2) is 0 Å². The van der Waals surface area contributed by atoms with Crippen LogP contribution in [0.15, 0.2) is 30.3 Å². The number of hydrogen-bond donors (Lipinski definition) is 3. The third-order valence-electron chi connectivity index (χ3n) is 2.86. The molecule has 1 atom stereocenters. The lowest BCUT2D eigenvalue weighted by Crippen LogP contribution is -2.41. The minimum absolute atomic E-state index is 0.0439. The van der Waals surface area contributed by atoms with Crippen molar-refractivity contribution in [3.05, 3.63) is 35.9 Å². The van der Waals surface area contributed by atoms with Crippen molar-refractivity contribution in [2.75, 3.05) is 19.6 Å². The molecule has 0 fully saturated rings. The highest BCUT2D eigenvalue weighted by atomic mass is 16.3. The Labute approximate surface area is 115 Å². The molecule has 0 aliphatic rings. The van der Waals surface area contributed by atoms with Gasteiger partial charge in [-0.15, -0.1) is 0 Å². The molecule has 4 nitrogen and oxygen atoms in total. The lowest BCUT2D eigenvalue weighted by atomic mass is 9.96. The van der Waals surface area contributed by atoms with Crippen molar-refractivity contribution in [3.63, 3.8) is 0 Å². The van der Waals surface area contributed by atoms with Crippen LogP contribution in [0.25, 0.3) is 0 Å². The zero-order chi connectivity index (χ0) is 14.3. The molecule has 0 spiro atoms. The van der Waals surface area contributed by atoms with Gasteiger partial charge in [-0.3, -0.25) is 4.79 Å². The largest absolute Gasteiger partial charge is 0.384 e. The molecule has 0 bridgehead atoms. The van der Waals surface area contributed by atoms with Crippen LogP contribution in [-0.4, -0.2) is 30.6 Å². The summed E-state index contributed by atoms with van der Waals surface area (Å²) in [5.74, 6) is 0.397. The van der Waals surface area contributed by atoms with E-state index in [9.17, 15) is 9.90 Å². The molecule has 0 aliphatic heterocycles. The highest BCUT2D eigenvalue weighted by Gasteiger charge is 2.22. The third-order valence-corrected chi connectivity index (χ3v) is 2.86. The summed E-state index contributed by atoms with van der Waals surface area (Å²) in [4.78, 5) is 11.5. The van der Waals surface area contributed by atoms with Crippen LogP contribution < -0.4 is 10.6 Å². The maximum Gasteiger partial charge on any atom is 0.233 e. The summed E-state index contributed by atoms with van der Waals surface area (Å²) in [7, 11) is 0. The van der Waals surface area contributed by atoms with Gasteiger partial charge in [-0.05, 0) is 18.4 Å². The highest BCUT2D eigenvalue weighted by molar-refractivity contribution is 5.77. The SMILES string of the molecule is CC(C)CNC(=O)CNCC(C)(O)c1ccccc1. The Bertz CT molecular complexity index is 388. The van der Waals surface area contributed by atoms with Gasteiger partial charge in [0.2, 0.25) is 5.91 Å². The fraction of sp³-hybridized carbons (Fsp3) is 0.533. The van der Waals surface area contributed by atoms with Crippen molar-refractivity contribution in [2.24, 2.45) is 5.92 Å². The van der Waals surface area contributed by atoms with Gasteiger partial charge in [0.1, 0.15) is 0 Å². The summed E-state index contributed by atoms with van der Waals surface area (Å²) >= 11 is 0. The van der Waals surface area contributed by atoms with Gasteiger partial charge >= 0.3 is 0 Å². The van der Waals surface area contributed by atoms with E-state index in [2.05, 4.69) is 10.6 Å². The van der Waals surface area contributed by atoms with Gasteiger partial charge in [-0.2, -0.15) is 0 Å². The predicted octanol–water partition coefficient (Wildman–Crippen LogP) is 1.26. The Morgan fingerprint density at radius 1 is 1.32 bits per heavy atom. The number of carbonyl (C=O) groups is 1. The minimum atomic E-state index is -0.973. The summed E-state index contributed by atoms with van der Waals surface area (Å²) in [6, 6.07) is 9.44. The average molecular weight is 264 g/mol. The first-order valence-electron chi connectivity index (χ1n) is 6.67. The third kappa shape index (κ3) is 5.85. The maximum absolute atomic E-state index is 11.5. The van der Waals surface area contributed by atoms with Gasteiger partial charge in [-0.1, -0.05) is 44.2 Å². The number of benzene rings is 1. The summed E-state index contributed by atoms with van der Waals surface area (Å²) < 4.78 is 0. The van der Waals surface area contributed by atoms with E-state index in [0.29, 0.717) is 19.0 Å². The summed E-state index contributed by atoms with van der Waals surface area (Å²) in [6.45, 7) is 7.07. The lowest BCUT2D eigenvalue weighted by Gasteiger charge is -2.24. The number of carbonyl (C=O) groups excluding carboxylic acids is 1. The Morgan fingerprint density at radius 3 is 2.53 bits per heavy atom. The molecule has 1 rings (SSSR count). The molecule has 0 aromatic heterocycles. The molecule has 0 saturated carbocycles. The molecule has 106 valence electrons. The van der Waals surface area contributed by atoms with E-state index in [-0.39, 0.29) is 12.5 Å². The van der Waals surface area contributed by atoms with E-state index in [0.717, 1.165) is 5.56 Å². The van der Waals surface area contributed by atoms with Crippen LogP contribution in [0.3, 0.4) is 0 Å². The first-order chi connectivity index (χ1) is 8.92. The monoisotopic (exact) mass is 264 g/mol. The van der Waals surface area contributed by atoms with Gasteiger partial charge in [-0.25, -0.2) is 0 Å². The van der Waals surface area contributed by atoms with Crippen molar-refractivity contribution in [3.8, 4) is 0 Å². The topological polar surface area (TPSA) is 61.4 Å². The van der Waals surface area contributed by atoms with Crippen LogP contribution in [0.2, 0.25) is 0 Å². The molecule has 4 heteroatoms. The van der Waals surface area contributed by atoms with Gasteiger partial charge in [0.05, 0.1) is 12.1 Å². The van der Waals surface area contributed by atoms with Crippen LogP contribution in [0, 0.1) is 5.92 Å². The average Bonchev–Trinajstić information content (AvgIpc) is 2.37. The first-order valence-corrected chi connectivity index (χ1v) is 6.67. The number of hydrogen-bond acceptors (Lipinski definition) is 3. The molecule has 0 heterocycles. The Hall–Kier alpha value is -1.39. The second-order valence-corrected chi connectivity index (χ2v) is 5.44. The Kier molecular flexibility index (Phi) is 5.99. The zero-order valence-electron chi connectivity index (χ0n) is 11.9. The smallest absolute Gasteiger partial charge is 0.233 e. The summed E-state index contributed by atoms with van der Waals surface area (Å²) in [5.41, 5.74) is -0.135. The second kappa shape index (κ2) is 7.26. The molecule has 1 unspecified atom stereocenters. The molecule has 19 heavy (non-hydrogen) atoms. The Morgan fingerprint density at radius 2 is 1.95 bits per heavy atom. The quantitative estimate of drug-likeness (QED) is 0.695. The molecular weight excluding hydrogens is 240 g/mol. The number of rotatable bonds is 7. The predicted molar refractivity (Wildman–Crippen MR) is 76.7 cm³/mol. The second-order valence-electron chi connectivity index (χ2n) is 5.44. The van der Waals surface area contributed by atoms with E-state index < -0.39 is 5.60 Å². The molecule has 0 radical (unpaired) electrons. The van der Waals surface area contributed by atoms with Crippen molar-refractivity contribution in [1.82, 2.24) is 10.6 Å². The first kappa shape index (κ1) is 15.7. The standard InChI is InChI=1S/C15H24N2O2/c1-12(2)9-17-14(18)10-16-11-15(3,19)13-7-5-4-6-8-13/h4-8,12,16,19H,9-11H2,1-3H3,(H,17,18). The van der Waals surface area contributed by atoms with Crippen LogP contribution in [0.4, 0.5) is 0 Å². The van der Waals surface area contributed by atoms with E-state index in [1.807, 2.05) is 44.2 Å². The van der Waals surface area contributed by atoms with Crippen molar-refractivity contribution in [2.45, 2.75) is 26.4 Å². The maximum atomic E-state index is 11.5. The zero-order valence-corrected chi connectivity index (χ0v) is 11.9. The molecule has 1 aromatic carbocycles. The van der Waals surface area contributed by atoms with E-state index in [1.54, 1.807) is 6.92 Å². The van der Waals surface area contributed by atoms with Crippen LogP contribution in [0.5, 0.6) is 0 Å². The Balaban J connectivity index is 2.34. The highest BCUT2D eigenvalue weighted by Crippen LogP contribution is 2.18. The number of nitrogens with one attached hydrogen (secondary N) is 2. The number of aliphatic hydroxyl groups is 1. The van der Waals surface area contributed by atoms with Crippen molar-refractivity contribution in [1.29, 1.82) is 0 Å². The van der Waals surface area contributed by atoms with Crippen LogP contribution in [0.1, 0.15) is 26.3 Å². The molecule has 1 aromatic rings. The molecule has 3 N–H and O–H groups in total. The fourth-order valence-electron chi connectivity index (χ4n) is 1.70. The van der Waals surface area contributed by atoms with Gasteiger partial charge in [0, 0.05) is 13.1 Å². The molecule has 0 aliphatic carbocycles. The van der Waals surface area contributed by atoms with E-state index >= 15 is 0 Å². The van der Waals surface area contributed by atoms with Crippen molar-refractivity contribution < 1.29 is 9.90 Å². The van der Waals surface area contributed by atoms with E-state index in [1.165, 1.54) is 0 Å². The van der Waals surface area contributed by atoms with E-state index in [4.69, 9.17) is 0 Å². The molecular formula is C15H24N2O2.